The molecule has 2 aliphatic rings. The minimum absolute atomic E-state index is 0.115. The van der Waals surface area contributed by atoms with Gasteiger partial charge in [-0.15, -0.1) is 0 Å². The van der Waals surface area contributed by atoms with Crippen LogP contribution in [-0.2, 0) is 0 Å². The number of methoxy groups -OCH3 is 1. The number of nitrogens with one attached hydrogen (secondary N) is 1. The number of fused-ring (bicyclic) bond motifs is 1. The van der Waals surface area contributed by atoms with Crippen molar-refractivity contribution in [2.45, 2.75) is 64.5 Å². The summed E-state index contributed by atoms with van der Waals surface area (Å²) in [5, 5.41) is 14.8. The predicted octanol–water partition coefficient (Wildman–Crippen LogP) is 6.27. The summed E-state index contributed by atoms with van der Waals surface area (Å²) in [4.78, 5) is 20.5. The summed E-state index contributed by atoms with van der Waals surface area (Å²) in [7, 11) is 1.55. The number of hydrogen-bond donors (Lipinski definition) is 2. The number of phenolic OH excluding ortho intramolecular Hbond substituents is 1. The fraction of sp³-hybridized carbons (Fsp3) is 0.467. The van der Waals surface area contributed by atoms with Crippen LogP contribution in [0.25, 0.3) is 22.0 Å². The minimum atomic E-state index is 0.115. The molecule has 1 aromatic heterocycles. The molecule has 0 saturated heterocycles. The zero-order valence-corrected chi connectivity index (χ0v) is 21.6. The van der Waals surface area contributed by atoms with Crippen molar-refractivity contribution in [3.63, 3.8) is 0 Å². The highest BCUT2D eigenvalue weighted by atomic mass is 16.5. The van der Waals surface area contributed by atoms with E-state index in [4.69, 9.17) is 4.74 Å². The van der Waals surface area contributed by atoms with E-state index in [-0.39, 0.29) is 17.5 Å². The van der Waals surface area contributed by atoms with Crippen molar-refractivity contribution in [1.29, 1.82) is 0 Å². The molecule has 1 heterocycles. The number of anilines is 1. The van der Waals surface area contributed by atoms with Crippen LogP contribution in [0.1, 0.15) is 62.7 Å². The summed E-state index contributed by atoms with van der Waals surface area (Å²) in [5.41, 5.74) is 4.45. The Morgan fingerprint density at radius 1 is 1.03 bits per heavy atom. The topological polar surface area (TPSA) is 74.7 Å². The first-order chi connectivity index (χ1) is 17.5. The maximum absolute atomic E-state index is 13.3. The molecule has 0 atom stereocenters. The Morgan fingerprint density at radius 2 is 1.72 bits per heavy atom. The second kappa shape index (κ2) is 10.5. The standard InChI is InChI=1S/C30H37N3O3/c1-4-33(5-2)23-12-10-22(11-13-23)32-29-24-16-20(21-9-15-27(34)28(17-21)36-3)8-14-26(24)31-18-25(29)30(35)19-6-7-19/h8-9,14-19,22-23,34H,4-7,10-13H2,1-3H3,(H,31,32). The summed E-state index contributed by atoms with van der Waals surface area (Å²) < 4.78 is 5.32. The minimum Gasteiger partial charge on any atom is -0.504 e. The van der Waals surface area contributed by atoms with E-state index in [1.165, 1.54) is 12.8 Å². The van der Waals surface area contributed by atoms with Crippen LogP contribution in [0.15, 0.2) is 42.6 Å². The van der Waals surface area contributed by atoms with E-state index in [0.717, 1.165) is 72.1 Å². The molecule has 3 aromatic rings. The number of nitrogens with zero attached hydrogens (tertiary/aromatic N) is 2. The van der Waals surface area contributed by atoms with Crippen molar-refractivity contribution in [3.8, 4) is 22.6 Å². The summed E-state index contributed by atoms with van der Waals surface area (Å²) >= 11 is 0. The number of aromatic hydroxyl groups is 1. The van der Waals surface area contributed by atoms with Crippen molar-refractivity contribution in [2.24, 2.45) is 5.92 Å². The Balaban J connectivity index is 1.50. The summed E-state index contributed by atoms with van der Waals surface area (Å²) in [6.07, 6.45) is 8.25. The molecule has 6 heteroatoms. The lowest BCUT2D eigenvalue weighted by atomic mass is 9.89. The number of pyridine rings is 1. The largest absolute Gasteiger partial charge is 0.504 e. The second-order valence-electron chi connectivity index (χ2n) is 10.2. The van der Waals surface area contributed by atoms with Crippen LogP contribution in [0, 0.1) is 5.92 Å². The van der Waals surface area contributed by atoms with Crippen LogP contribution in [0.2, 0.25) is 0 Å². The van der Waals surface area contributed by atoms with E-state index < -0.39 is 0 Å². The first-order valence-corrected chi connectivity index (χ1v) is 13.4. The zero-order valence-electron chi connectivity index (χ0n) is 21.6. The fourth-order valence-electron chi connectivity index (χ4n) is 5.67. The van der Waals surface area contributed by atoms with Crippen LogP contribution < -0.4 is 10.1 Å². The number of benzene rings is 2. The van der Waals surface area contributed by atoms with Crippen LogP contribution in [0.3, 0.4) is 0 Å². The molecule has 0 aliphatic heterocycles. The Kier molecular flexibility index (Phi) is 7.15. The van der Waals surface area contributed by atoms with E-state index in [1.807, 2.05) is 24.3 Å². The average Bonchev–Trinajstić information content (AvgIpc) is 3.76. The molecule has 0 spiro atoms. The van der Waals surface area contributed by atoms with Gasteiger partial charge < -0.3 is 20.1 Å². The number of ketones is 1. The molecule has 36 heavy (non-hydrogen) atoms. The molecule has 2 aliphatic carbocycles. The summed E-state index contributed by atoms with van der Waals surface area (Å²) in [5.74, 6) is 0.892. The lowest BCUT2D eigenvalue weighted by molar-refractivity contribution is 0.0968. The Hall–Kier alpha value is -3.12. The van der Waals surface area contributed by atoms with Crippen LogP contribution in [0.4, 0.5) is 5.69 Å². The molecule has 0 bridgehead atoms. The van der Waals surface area contributed by atoms with Gasteiger partial charge in [0.2, 0.25) is 0 Å². The number of ether oxygens (including phenoxy) is 1. The number of rotatable bonds is 9. The van der Waals surface area contributed by atoms with E-state index in [0.29, 0.717) is 17.8 Å². The fourth-order valence-corrected chi connectivity index (χ4v) is 5.67. The molecule has 0 amide bonds. The van der Waals surface area contributed by atoms with Crippen molar-refractivity contribution >= 4 is 22.4 Å². The highest BCUT2D eigenvalue weighted by molar-refractivity contribution is 6.10. The average molecular weight is 488 g/mol. The molecule has 5 rings (SSSR count). The highest BCUT2D eigenvalue weighted by Crippen LogP contribution is 2.39. The maximum Gasteiger partial charge on any atom is 0.169 e. The van der Waals surface area contributed by atoms with Crippen molar-refractivity contribution in [2.75, 3.05) is 25.5 Å². The molecule has 2 saturated carbocycles. The monoisotopic (exact) mass is 487 g/mol. The lowest BCUT2D eigenvalue weighted by Crippen LogP contribution is -2.40. The predicted molar refractivity (Wildman–Crippen MR) is 145 cm³/mol. The van der Waals surface area contributed by atoms with Crippen LogP contribution in [0.5, 0.6) is 11.5 Å². The maximum atomic E-state index is 13.3. The molecule has 6 nitrogen and oxygen atoms in total. The van der Waals surface area contributed by atoms with Crippen LogP contribution in [-0.4, -0.2) is 53.1 Å². The lowest BCUT2D eigenvalue weighted by Gasteiger charge is -2.36. The third-order valence-electron chi connectivity index (χ3n) is 7.97. The van der Waals surface area contributed by atoms with Gasteiger partial charge in [0.05, 0.1) is 23.9 Å². The SMILES string of the molecule is CCN(CC)C1CCC(Nc2c(C(=O)C3CC3)cnc3ccc(-c4ccc(O)c(OC)c4)cc23)CC1. The Morgan fingerprint density at radius 3 is 2.39 bits per heavy atom. The Labute approximate surface area is 213 Å². The number of Topliss-reactive ketones (excluding diaryl/α,β-unsaturated/α-hetero) is 1. The quantitative estimate of drug-likeness (QED) is 0.346. The third-order valence-corrected chi connectivity index (χ3v) is 7.97. The van der Waals surface area contributed by atoms with Gasteiger partial charge in [0.1, 0.15) is 0 Å². The van der Waals surface area contributed by atoms with Gasteiger partial charge in [-0.05, 0) is 87.0 Å². The molecule has 190 valence electrons. The van der Waals surface area contributed by atoms with Gasteiger partial charge in [-0.1, -0.05) is 26.0 Å². The van der Waals surface area contributed by atoms with Crippen molar-refractivity contribution in [3.05, 3.63) is 48.2 Å². The van der Waals surface area contributed by atoms with Crippen LogP contribution >= 0.6 is 0 Å². The van der Waals surface area contributed by atoms with E-state index in [9.17, 15) is 9.90 Å². The number of aromatic nitrogens is 1. The highest BCUT2D eigenvalue weighted by Gasteiger charge is 2.33. The molecule has 2 aromatic carbocycles. The third kappa shape index (κ3) is 4.92. The molecular weight excluding hydrogens is 450 g/mol. The van der Waals surface area contributed by atoms with Gasteiger partial charge >= 0.3 is 0 Å². The van der Waals surface area contributed by atoms with Gasteiger partial charge in [0, 0.05) is 29.6 Å². The van der Waals surface area contributed by atoms with Crippen molar-refractivity contribution < 1.29 is 14.6 Å². The number of carbonyl (C=O) groups excluding carboxylic acids is 1. The summed E-state index contributed by atoms with van der Waals surface area (Å²) in [6.45, 7) is 6.68. The number of hydrogen-bond acceptors (Lipinski definition) is 6. The normalized spacial score (nSPS) is 20.0. The van der Waals surface area contributed by atoms with Gasteiger partial charge in [0.15, 0.2) is 17.3 Å². The van der Waals surface area contributed by atoms with Gasteiger partial charge in [-0.2, -0.15) is 0 Å². The molecule has 2 fully saturated rings. The van der Waals surface area contributed by atoms with Gasteiger partial charge in [-0.25, -0.2) is 0 Å². The first kappa shape index (κ1) is 24.6. The van der Waals surface area contributed by atoms with E-state index >= 15 is 0 Å². The summed E-state index contributed by atoms with van der Waals surface area (Å²) in [6, 6.07) is 12.5. The number of phenols is 1. The number of carbonyl (C=O) groups is 1. The molecular formula is C30H37N3O3. The van der Waals surface area contributed by atoms with Gasteiger partial charge in [0.25, 0.3) is 0 Å². The van der Waals surface area contributed by atoms with Crippen molar-refractivity contribution in [1.82, 2.24) is 9.88 Å². The zero-order chi connectivity index (χ0) is 25.2. The van der Waals surface area contributed by atoms with E-state index in [1.54, 1.807) is 19.4 Å². The van der Waals surface area contributed by atoms with Gasteiger partial charge in [-0.3, -0.25) is 9.78 Å². The molecule has 0 unspecified atom stereocenters. The Bertz CT molecular complexity index is 1240. The smallest absolute Gasteiger partial charge is 0.169 e. The second-order valence-corrected chi connectivity index (χ2v) is 10.2. The first-order valence-electron chi connectivity index (χ1n) is 13.4. The molecule has 2 N–H and O–H groups in total. The van der Waals surface area contributed by atoms with E-state index in [2.05, 4.69) is 35.1 Å². The molecule has 0 radical (unpaired) electrons.